The lowest BCUT2D eigenvalue weighted by molar-refractivity contribution is -0.152. The van der Waals surface area contributed by atoms with Crippen LogP contribution in [0.4, 0.5) is 4.39 Å². The number of nitrogens with zero attached hydrogens (tertiary/aromatic N) is 2. The molecule has 4 rings (SSSR count). The first-order valence-corrected chi connectivity index (χ1v) is 9.36. The molecule has 2 heterocycles. The highest BCUT2D eigenvalue weighted by Crippen LogP contribution is 2.20. The maximum atomic E-state index is 13.1. The highest BCUT2D eigenvalue weighted by atomic mass is 19.1. The Morgan fingerprint density at radius 1 is 1.07 bits per heavy atom. The first-order valence-electron chi connectivity index (χ1n) is 9.36. The second-order valence-electron chi connectivity index (χ2n) is 7.24. The highest BCUT2D eigenvalue weighted by Gasteiger charge is 2.44. The van der Waals surface area contributed by atoms with E-state index in [0.29, 0.717) is 18.5 Å². The second-order valence-corrected chi connectivity index (χ2v) is 7.24. The zero-order valence-electron chi connectivity index (χ0n) is 15.5. The average Bonchev–Trinajstić information content (AvgIpc) is 2.73. The van der Waals surface area contributed by atoms with Crippen LogP contribution in [0.3, 0.4) is 0 Å². The van der Waals surface area contributed by atoms with Crippen LogP contribution in [0.5, 0.6) is 5.75 Å². The standard InChI is InChI=1S/C21H20FN3O4/c22-15-5-3-14(4-6-15)20(28)24-9-10-25-18(12-24)19(27)23-17(21(25)29)11-13-1-7-16(26)8-2-13/h1-8,17-18,26H,9-12H2,(H,23,27)/t17-,18-/m1/s1. The summed E-state index contributed by atoms with van der Waals surface area (Å²) in [5.74, 6) is -1.07. The van der Waals surface area contributed by atoms with E-state index in [-0.39, 0.29) is 36.6 Å². The van der Waals surface area contributed by atoms with Crippen LogP contribution in [-0.4, -0.2) is 64.3 Å². The van der Waals surface area contributed by atoms with Gasteiger partial charge in [-0.25, -0.2) is 4.39 Å². The molecule has 0 spiro atoms. The summed E-state index contributed by atoms with van der Waals surface area (Å²) in [6.07, 6.45) is 0.326. The van der Waals surface area contributed by atoms with Crippen molar-refractivity contribution in [1.29, 1.82) is 0 Å². The van der Waals surface area contributed by atoms with Gasteiger partial charge in [-0.2, -0.15) is 0 Å². The van der Waals surface area contributed by atoms with E-state index in [9.17, 15) is 23.9 Å². The summed E-state index contributed by atoms with van der Waals surface area (Å²) >= 11 is 0. The van der Waals surface area contributed by atoms with Gasteiger partial charge in [0.15, 0.2) is 0 Å². The third kappa shape index (κ3) is 3.78. The average molecular weight is 397 g/mol. The molecule has 2 saturated heterocycles. The number of phenolic OH excluding ortho intramolecular Hbond substituents is 1. The van der Waals surface area contributed by atoms with E-state index in [4.69, 9.17) is 0 Å². The summed E-state index contributed by atoms with van der Waals surface area (Å²) in [5.41, 5.74) is 1.16. The van der Waals surface area contributed by atoms with E-state index in [1.165, 1.54) is 46.2 Å². The normalized spacial score (nSPS) is 21.6. The van der Waals surface area contributed by atoms with E-state index in [1.807, 2.05) is 0 Å². The minimum atomic E-state index is -0.739. The Kier molecular flexibility index (Phi) is 4.92. The molecule has 2 aromatic rings. The van der Waals surface area contributed by atoms with Crippen LogP contribution in [0, 0.1) is 5.82 Å². The molecular formula is C21H20FN3O4. The van der Waals surface area contributed by atoms with Gasteiger partial charge in [-0.05, 0) is 42.0 Å². The van der Waals surface area contributed by atoms with Gasteiger partial charge in [-0.15, -0.1) is 0 Å². The molecule has 3 amide bonds. The Morgan fingerprint density at radius 2 is 1.76 bits per heavy atom. The van der Waals surface area contributed by atoms with E-state index in [2.05, 4.69) is 5.32 Å². The van der Waals surface area contributed by atoms with Gasteiger partial charge >= 0.3 is 0 Å². The first-order chi connectivity index (χ1) is 13.9. The van der Waals surface area contributed by atoms with Crippen molar-refractivity contribution in [2.24, 2.45) is 0 Å². The molecular weight excluding hydrogens is 377 g/mol. The van der Waals surface area contributed by atoms with Crippen molar-refractivity contribution in [3.63, 3.8) is 0 Å². The molecule has 2 fully saturated rings. The Balaban J connectivity index is 1.45. The van der Waals surface area contributed by atoms with Crippen LogP contribution in [0.25, 0.3) is 0 Å². The molecule has 2 aromatic carbocycles. The first kappa shape index (κ1) is 18.9. The lowest BCUT2D eigenvalue weighted by Gasteiger charge is -2.45. The minimum absolute atomic E-state index is 0.0969. The molecule has 0 aromatic heterocycles. The predicted octanol–water partition coefficient (Wildman–Crippen LogP) is 0.925. The number of fused-ring (bicyclic) bond motifs is 1. The fourth-order valence-corrected chi connectivity index (χ4v) is 3.77. The summed E-state index contributed by atoms with van der Waals surface area (Å²) in [4.78, 5) is 41.2. The number of benzene rings is 2. The van der Waals surface area contributed by atoms with E-state index < -0.39 is 17.9 Å². The number of nitrogens with one attached hydrogen (secondary N) is 1. The van der Waals surface area contributed by atoms with Crippen molar-refractivity contribution in [3.8, 4) is 5.75 Å². The van der Waals surface area contributed by atoms with Crippen molar-refractivity contribution in [1.82, 2.24) is 15.1 Å². The van der Waals surface area contributed by atoms with Crippen molar-refractivity contribution < 1.29 is 23.9 Å². The van der Waals surface area contributed by atoms with Crippen LogP contribution in [-0.2, 0) is 16.0 Å². The number of hydrogen-bond donors (Lipinski definition) is 2. The lowest BCUT2D eigenvalue weighted by Crippen LogP contribution is -2.70. The maximum Gasteiger partial charge on any atom is 0.254 e. The van der Waals surface area contributed by atoms with Crippen molar-refractivity contribution >= 4 is 17.7 Å². The highest BCUT2D eigenvalue weighted by molar-refractivity contribution is 5.99. The zero-order valence-corrected chi connectivity index (χ0v) is 15.5. The molecule has 7 nitrogen and oxygen atoms in total. The van der Waals surface area contributed by atoms with Gasteiger partial charge in [-0.3, -0.25) is 14.4 Å². The quantitative estimate of drug-likeness (QED) is 0.806. The number of rotatable bonds is 3. The Bertz CT molecular complexity index is 945. The second kappa shape index (κ2) is 7.54. The molecule has 2 N–H and O–H groups in total. The van der Waals surface area contributed by atoms with E-state index in [1.54, 1.807) is 12.1 Å². The van der Waals surface area contributed by atoms with E-state index in [0.717, 1.165) is 5.56 Å². The number of aromatic hydroxyl groups is 1. The number of piperazine rings is 2. The summed E-state index contributed by atoms with van der Waals surface area (Å²) in [7, 11) is 0. The number of carbonyl (C=O) groups excluding carboxylic acids is 3. The number of carbonyl (C=O) groups is 3. The number of halogens is 1. The topological polar surface area (TPSA) is 89.9 Å². The lowest BCUT2D eigenvalue weighted by atomic mass is 9.98. The van der Waals surface area contributed by atoms with Crippen molar-refractivity contribution in [2.45, 2.75) is 18.5 Å². The van der Waals surface area contributed by atoms with E-state index >= 15 is 0 Å². The summed E-state index contributed by atoms with van der Waals surface area (Å²) in [6.45, 7) is 0.660. The molecule has 150 valence electrons. The van der Waals surface area contributed by atoms with Gasteiger partial charge in [0, 0.05) is 25.1 Å². The minimum Gasteiger partial charge on any atom is -0.508 e. The molecule has 0 aliphatic carbocycles. The molecule has 0 saturated carbocycles. The number of amides is 3. The number of hydrogen-bond acceptors (Lipinski definition) is 4. The van der Waals surface area contributed by atoms with Gasteiger partial charge in [-0.1, -0.05) is 12.1 Å². The van der Waals surface area contributed by atoms with Gasteiger partial charge in [0.2, 0.25) is 11.8 Å². The van der Waals surface area contributed by atoms with Crippen LogP contribution < -0.4 is 5.32 Å². The SMILES string of the molecule is O=C1N[C@H](Cc2ccc(O)cc2)C(=O)N2CCN(C(=O)c3ccc(F)cc3)C[C@H]12. The monoisotopic (exact) mass is 397 g/mol. The summed E-state index contributed by atoms with van der Waals surface area (Å²) in [6, 6.07) is 10.3. The summed E-state index contributed by atoms with van der Waals surface area (Å²) < 4.78 is 13.1. The smallest absolute Gasteiger partial charge is 0.254 e. The molecule has 8 heteroatoms. The third-order valence-corrected chi connectivity index (χ3v) is 5.34. The molecule has 2 aliphatic heterocycles. The van der Waals surface area contributed by atoms with Gasteiger partial charge < -0.3 is 20.2 Å². The third-order valence-electron chi connectivity index (χ3n) is 5.34. The van der Waals surface area contributed by atoms with Crippen LogP contribution in [0.15, 0.2) is 48.5 Å². The van der Waals surface area contributed by atoms with Gasteiger partial charge in [0.05, 0.1) is 6.54 Å². The number of phenols is 1. The molecule has 0 radical (unpaired) electrons. The Labute approximate surface area is 166 Å². The Morgan fingerprint density at radius 3 is 2.45 bits per heavy atom. The maximum absolute atomic E-state index is 13.1. The van der Waals surface area contributed by atoms with Crippen LogP contribution >= 0.6 is 0 Å². The molecule has 0 unspecified atom stereocenters. The molecule has 2 atom stereocenters. The Hall–Kier alpha value is -3.42. The van der Waals surface area contributed by atoms with Crippen LogP contribution in [0.2, 0.25) is 0 Å². The van der Waals surface area contributed by atoms with Crippen LogP contribution in [0.1, 0.15) is 15.9 Å². The van der Waals surface area contributed by atoms with Crippen molar-refractivity contribution in [3.05, 3.63) is 65.5 Å². The molecule has 0 bridgehead atoms. The van der Waals surface area contributed by atoms with Gasteiger partial charge in [0.1, 0.15) is 23.7 Å². The fraction of sp³-hybridized carbons (Fsp3) is 0.286. The molecule has 29 heavy (non-hydrogen) atoms. The molecule has 2 aliphatic rings. The fourth-order valence-electron chi connectivity index (χ4n) is 3.77. The predicted molar refractivity (Wildman–Crippen MR) is 102 cm³/mol. The zero-order chi connectivity index (χ0) is 20.5. The largest absolute Gasteiger partial charge is 0.508 e. The summed E-state index contributed by atoms with van der Waals surface area (Å²) in [5, 5.41) is 12.1. The van der Waals surface area contributed by atoms with Crippen molar-refractivity contribution in [2.75, 3.05) is 19.6 Å². The van der Waals surface area contributed by atoms with Gasteiger partial charge in [0.25, 0.3) is 5.91 Å².